The van der Waals surface area contributed by atoms with Gasteiger partial charge < -0.3 is 4.57 Å². The molecule has 23 heavy (non-hydrogen) atoms. The van der Waals surface area contributed by atoms with E-state index in [9.17, 15) is 0 Å². The zero-order valence-electron chi connectivity index (χ0n) is 12.6. The van der Waals surface area contributed by atoms with Crippen molar-refractivity contribution in [3.8, 4) is 5.69 Å². The number of hydrogen-bond acceptors (Lipinski definition) is 1. The van der Waals surface area contributed by atoms with Crippen molar-refractivity contribution in [3.63, 3.8) is 0 Å². The summed E-state index contributed by atoms with van der Waals surface area (Å²) in [5, 5.41) is 0.723. The van der Waals surface area contributed by atoms with E-state index in [0.29, 0.717) is 6.54 Å². The van der Waals surface area contributed by atoms with E-state index in [-0.39, 0.29) is 0 Å². The largest absolute Gasteiger partial charge is 0.318 e. The molecule has 0 saturated carbocycles. The first-order valence-corrected chi connectivity index (χ1v) is 8.59. The minimum absolute atomic E-state index is 0.645. The molecule has 0 aliphatic carbocycles. The molecule has 3 aromatic rings. The number of aromatic nitrogens is 1. The van der Waals surface area contributed by atoms with Crippen molar-refractivity contribution in [2.24, 2.45) is 4.99 Å². The van der Waals surface area contributed by atoms with Crippen LogP contribution in [0.15, 0.2) is 64.2 Å². The van der Waals surface area contributed by atoms with Gasteiger partial charge in [0.2, 0.25) is 0 Å². The molecule has 1 aromatic heterocycles. The number of benzene rings is 2. The standard InChI is InChI=1S/C19H14BrClN2/c1-12-8-9-23-17-7-6-13(20)10-15(17)19(22-11-18(12)23)14-4-2-3-5-16(14)21/h2-10H,11H2,1H3. The fourth-order valence-corrected chi connectivity index (χ4v) is 3.61. The number of rotatable bonds is 1. The van der Waals surface area contributed by atoms with E-state index in [0.717, 1.165) is 32.0 Å². The third-order valence-corrected chi connectivity index (χ3v) is 5.03. The highest BCUT2D eigenvalue weighted by Crippen LogP contribution is 2.31. The van der Waals surface area contributed by atoms with Gasteiger partial charge in [0.15, 0.2) is 0 Å². The maximum atomic E-state index is 6.43. The summed E-state index contributed by atoms with van der Waals surface area (Å²) in [6.07, 6.45) is 2.11. The summed E-state index contributed by atoms with van der Waals surface area (Å²) in [4.78, 5) is 4.90. The Hall–Kier alpha value is -1.84. The Morgan fingerprint density at radius 2 is 1.91 bits per heavy atom. The Labute approximate surface area is 148 Å². The van der Waals surface area contributed by atoms with Crippen LogP contribution in [0, 0.1) is 6.92 Å². The number of fused-ring (bicyclic) bond motifs is 3. The first-order chi connectivity index (χ1) is 11.1. The summed E-state index contributed by atoms with van der Waals surface area (Å²) < 4.78 is 3.26. The second-order valence-electron chi connectivity index (χ2n) is 5.62. The molecule has 0 N–H and O–H groups in total. The van der Waals surface area contributed by atoms with Crippen LogP contribution in [-0.2, 0) is 6.54 Å². The van der Waals surface area contributed by atoms with E-state index in [1.165, 1.54) is 11.3 Å². The molecule has 0 bridgehead atoms. The number of nitrogens with zero attached hydrogens (tertiary/aromatic N) is 2. The highest BCUT2D eigenvalue weighted by atomic mass is 79.9. The summed E-state index contributed by atoms with van der Waals surface area (Å²) in [5.41, 5.74) is 6.60. The van der Waals surface area contributed by atoms with Gasteiger partial charge in [-0.1, -0.05) is 45.7 Å². The SMILES string of the molecule is Cc1ccn2c1CN=C(c1ccccc1Cl)c1cc(Br)ccc1-2. The van der Waals surface area contributed by atoms with E-state index in [4.69, 9.17) is 16.6 Å². The minimum atomic E-state index is 0.645. The predicted octanol–water partition coefficient (Wildman–Crippen LogP) is 5.55. The van der Waals surface area contributed by atoms with E-state index in [1.54, 1.807) is 0 Å². The average Bonchev–Trinajstić information content (AvgIpc) is 2.82. The molecule has 1 aliphatic rings. The van der Waals surface area contributed by atoms with Crippen molar-refractivity contribution in [1.82, 2.24) is 4.57 Å². The van der Waals surface area contributed by atoms with Crippen molar-refractivity contribution in [1.29, 1.82) is 0 Å². The maximum absolute atomic E-state index is 6.43. The zero-order valence-corrected chi connectivity index (χ0v) is 14.9. The Bertz CT molecular complexity index is 940. The second-order valence-corrected chi connectivity index (χ2v) is 6.94. The van der Waals surface area contributed by atoms with Gasteiger partial charge in [0.1, 0.15) is 0 Å². The van der Waals surface area contributed by atoms with Crippen LogP contribution in [0.5, 0.6) is 0 Å². The fraction of sp³-hybridized carbons (Fsp3) is 0.105. The van der Waals surface area contributed by atoms with Crippen LogP contribution in [0.4, 0.5) is 0 Å². The Morgan fingerprint density at radius 3 is 2.74 bits per heavy atom. The van der Waals surface area contributed by atoms with Crippen molar-refractivity contribution < 1.29 is 0 Å². The van der Waals surface area contributed by atoms with Gasteiger partial charge in [-0.25, -0.2) is 0 Å². The molecule has 114 valence electrons. The zero-order chi connectivity index (χ0) is 16.0. The molecule has 2 nitrogen and oxygen atoms in total. The number of aryl methyl sites for hydroxylation is 1. The van der Waals surface area contributed by atoms with Crippen molar-refractivity contribution in [2.45, 2.75) is 13.5 Å². The Kier molecular flexibility index (Phi) is 3.63. The molecule has 0 spiro atoms. The first-order valence-electron chi connectivity index (χ1n) is 7.41. The summed E-state index contributed by atoms with van der Waals surface area (Å²) in [7, 11) is 0. The quantitative estimate of drug-likeness (QED) is 0.522. The van der Waals surface area contributed by atoms with Crippen LogP contribution >= 0.6 is 27.5 Å². The molecule has 0 saturated heterocycles. The van der Waals surface area contributed by atoms with Gasteiger partial charge in [0.05, 0.1) is 17.9 Å². The van der Waals surface area contributed by atoms with E-state index in [1.807, 2.05) is 24.3 Å². The molecule has 2 heterocycles. The molecule has 4 heteroatoms. The molecule has 1 aliphatic heterocycles. The molecule has 0 radical (unpaired) electrons. The van der Waals surface area contributed by atoms with Crippen LogP contribution in [0.25, 0.3) is 5.69 Å². The molecule has 0 atom stereocenters. The smallest absolute Gasteiger partial charge is 0.0805 e. The number of halogens is 2. The Balaban J connectivity index is 2.02. The van der Waals surface area contributed by atoms with Gasteiger partial charge in [-0.3, -0.25) is 4.99 Å². The van der Waals surface area contributed by atoms with Crippen molar-refractivity contribution in [2.75, 3.05) is 0 Å². The van der Waals surface area contributed by atoms with E-state index < -0.39 is 0 Å². The van der Waals surface area contributed by atoms with Gasteiger partial charge in [-0.15, -0.1) is 0 Å². The van der Waals surface area contributed by atoms with Gasteiger partial charge >= 0.3 is 0 Å². The minimum Gasteiger partial charge on any atom is -0.318 e. The van der Waals surface area contributed by atoms with E-state index >= 15 is 0 Å². The number of hydrogen-bond donors (Lipinski definition) is 0. The Morgan fingerprint density at radius 1 is 1.09 bits per heavy atom. The molecular weight excluding hydrogens is 372 g/mol. The molecular formula is C19H14BrClN2. The highest BCUT2D eigenvalue weighted by Gasteiger charge is 2.21. The molecule has 2 aromatic carbocycles. The second kappa shape index (κ2) is 5.66. The highest BCUT2D eigenvalue weighted by molar-refractivity contribution is 9.10. The van der Waals surface area contributed by atoms with Gasteiger partial charge in [0, 0.05) is 32.5 Å². The number of aliphatic imine (C=N–C) groups is 1. The van der Waals surface area contributed by atoms with Crippen LogP contribution in [0.1, 0.15) is 22.4 Å². The molecule has 0 amide bonds. The van der Waals surface area contributed by atoms with Crippen molar-refractivity contribution in [3.05, 3.63) is 86.6 Å². The van der Waals surface area contributed by atoms with Crippen LogP contribution < -0.4 is 0 Å². The van der Waals surface area contributed by atoms with Crippen LogP contribution in [0.2, 0.25) is 5.02 Å². The molecule has 0 unspecified atom stereocenters. The summed E-state index contributed by atoms with van der Waals surface area (Å²) in [6.45, 7) is 2.77. The summed E-state index contributed by atoms with van der Waals surface area (Å²) >= 11 is 10.0. The average molecular weight is 386 g/mol. The lowest BCUT2D eigenvalue weighted by atomic mass is 10.0. The normalized spacial score (nSPS) is 13.1. The van der Waals surface area contributed by atoms with Crippen LogP contribution in [0.3, 0.4) is 0 Å². The summed E-state index contributed by atoms with van der Waals surface area (Å²) in [6, 6.07) is 16.3. The van der Waals surface area contributed by atoms with E-state index in [2.05, 4.69) is 57.9 Å². The first kappa shape index (κ1) is 14.7. The predicted molar refractivity (Wildman–Crippen MR) is 99.0 cm³/mol. The molecule has 0 fully saturated rings. The lowest BCUT2D eigenvalue weighted by Crippen LogP contribution is -2.07. The lowest BCUT2D eigenvalue weighted by molar-refractivity contribution is 0.914. The van der Waals surface area contributed by atoms with Gasteiger partial charge in [-0.2, -0.15) is 0 Å². The lowest BCUT2D eigenvalue weighted by Gasteiger charge is -2.13. The third kappa shape index (κ3) is 2.44. The van der Waals surface area contributed by atoms with Gasteiger partial charge in [-0.05, 0) is 42.8 Å². The fourth-order valence-electron chi connectivity index (χ4n) is 3.02. The third-order valence-electron chi connectivity index (χ3n) is 4.21. The molecule has 4 rings (SSSR count). The van der Waals surface area contributed by atoms with Gasteiger partial charge in [0.25, 0.3) is 0 Å². The maximum Gasteiger partial charge on any atom is 0.0805 e. The van der Waals surface area contributed by atoms with Crippen molar-refractivity contribution >= 4 is 33.2 Å². The van der Waals surface area contributed by atoms with Crippen LogP contribution in [-0.4, -0.2) is 10.3 Å². The monoisotopic (exact) mass is 384 g/mol. The summed E-state index contributed by atoms with van der Waals surface area (Å²) in [5.74, 6) is 0. The topological polar surface area (TPSA) is 17.3 Å².